The van der Waals surface area contributed by atoms with Crippen LogP contribution in [0.5, 0.6) is 0 Å². The summed E-state index contributed by atoms with van der Waals surface area (Å²) in [6.45, 7) is 6.41. The highest BCUT2D eigenvalue weighted by atomic mass is 16.5. The van der Waals surface area contributed by atoms with Gasteiger partial charge in [-0.2, -0.15) is 5.10 Å². The normalized spacial score (nSPS) is 22.9. The van der Waals surface area contributed by atoms with E-state index in [9.17, 15) is 4.79 Å². The van der Waals surface area contributed by atoms with Crippen LogP contribution in [0.25, 0.3) is 0 Å². The summed E-state index contributed by atoms with van der Waals surface area (Å²) in [5, 5.41) is 7.02. The van der Waals surface area contributed by atoms with Crippen molar-refractivity contribution in [3.63, 3.8) is 0 Å². The molecule has 7 heteroatoms. The molecule has 1 aromatic rings. The Kier molecular flexibility index (Phi) is 4.97. The number of ether oxygens (including phenoxy) is 2. The van der Waals surface area contributed by atoms with E-state index in [2.05, 4.69) is 10.4 Å². The van der Waals surface area contributed by atoms with Crippen molar-refractivity contribution >= 4 is 11.7 Å². The number of carbonyl (C=O) groups is 1. The van der Waals surface area contributed by atoms with E-state index in [-0.39, 0.29) is 18.2 Å². The maximum absolute atomic E-state index is 12.2. The molecule has 1 aliphatic rings. The van der Waals surface area contributed by atoms with E-state index in [0.29, 0.717) is 31.9 Å². The van der Waals surface area contributed by atoms with Crippen molar-refractivity contribution in [2.75, 3.05) is 32.1 Å². The minimum absolute atomic E-state index is 0.0638. The fraction of sp³-hybridized carbons (Fsp3) is 0.692. The number of nitrogens with zero attached hydrogens (tertiary/aromatic N) is 3. The summed E-state index contributed by atoms with van der Waals surface area (Å²) in [5.74, 6) is 0. The molecule has 0 spiro atoms. The SMILES string of the molecule is COCCn1cc(NC(=O)N2C[C@@H](C)O[C@@H](C)C2)cn1. The molecule has 0 bridgehead atoms. The van der Waals surface area contributed by atoms with E-state index in [1.165, 1.54) is 0 Å². The zero-order valence-corrected chi connectivity index (χ0v) is 12.2. The number of carbonyl (C=O) groups excluding carboxylic acids is 1. The van der Waals surface area contributed by atoms with Crippen LogP contribution in [0.15, 0.2) is 12.4 Å². The third-order valence-electron chi connectivity index (χ3n) is 3.12. The average molecular weight is 282 g/mol. The molecule has 1 aromatic heterocycles. The molecule has 1 aliphatic heterocycles. The van der Waals surface area contributed by atoms with Crippen molar-refractivity contribution < 1.29 is 14.3 Å². The van der Waals surface area contributed by atoms with Gasteiger partial charge in [-0.3, -0.25) is 4.68 Å². The van der Waals surface area contributed by atoms with Gasteiger partial charge in [0.25, 0.3) is 0 Å². The molecule has 1 fully saturated rings. The first-order valence-electron chi connectivity index (χ1n) is 6.81. The van der Waals surface area contributed by atoms with Crippen LogP contribution in [0.1, 0.15) is 13.8 Å². The van der Waals surface area contributed by atoms with Gasteiger partial charge in [0.1, 0.15) is 0 Å². The molecule has 20 heavy (non-hydrogen) atoms. The van der Waals surface area contributed by atoms with Crippen molar-refractivity contribution in [3.05, 3.63) is 12.4 Å². The lowest BCUT2D eigenvalue weighted by molar-refractivity contribution is -0.0530. The first-order chi connectivity index (χ1) is 9.58. The van der Waals surface area contributed by atoms with Gasteiger partial charge in [-0.15, -0.1) is 0 Å². The largest absolute Gasteiger partial charge is 0.383 e. The van der Waals surface area contributed by atoms with Crippen LogP contribution >= 0.6 is 0 Å². The zero-order valence-electron chi connectivity index (χ0n) is 12.2. The molecule has 0 unspecified atom stereocenters. The van der Waals surface area contributed by atoms with Crippen LogP contribution in [0.3, 0.4) is 0 Å². The quantitative estimate of drug-likeness (QED) is 0.900. The molecule has 2 atom stereocenters. The number of morpholine rings is 1. The van der Waals surface area contributed by atoms with E-state index in [0.717, 1.165) is 0 Å². The first-order valence-corrected chi connectivity index (χ1v) is 6.81. The molecule has 0 aliphatic carbocycles. The maximum Gasteiger partial charge on any atom is 0.322 e. The summed E-state index contributed by atoms with van der Waals surface area (Å²) >= 11 is 0. The Labute approximate surface area is 118 Å². The van der Waals surface area contributed by atoms with Gasteiger partial charge in [0.2, 0.25) is 0 Å². The molecule has 0 radical (unpaired) electrons. The van der Waals surface area contributed by atoms with E-state index >= 15 is 0 Å². The van der Waals surface area contributed by atoms with Crippen LogP contribution in [-0.2, 0) is 16.0 Å². The van der Waals surface area contributed by atoms with Crippen molar-refractivity contribution in [2.45, 2.75) is 32.6 Å². The Morgan fingerprint density at radius 3 is 2.85 bits per heavy atom. The van der Waals surface area contributed by atoms with Crippen molar-refractivity contribution in [2.24, 2.45) is 0 Å². The number of aromatic nitrogens is 2. The molecule has 1 N–H and O–H groups in total. The summed E-state index contributed by atoms with van der Waals surface area (Å²) in [7, 11) is 1.65. The second-order valence-electron chi connectivity index (χ2n) is 5.08. The third kappa shape index (κ3) is 3.94. The minimum atomic E-state index is -0.113. The van der Waals surface area contributed by atoms with Crippen LogP contribution in [0, 0.1) is 0 Å². The first kappa shape index (κ1) is 14.8. The molecule has 0 aromatic carbocycles. The molecule has 2 rings (SSSR count). The summed E-state index contributed by atoms with van der Waals surface area (Å²) < 4.78 is 12.3. The standard InChI is InChI=1S/C13H22N4O3/c1-10-7-16(8-11(2)20-10)13(18)15-12-6-14-17(9-12)4-5-19-3/h6,9-11H,4-5,7-8H2,1-3H3,(H,15,18)/t10-,11+. The number of hydrogen-bond acceptors (Lipinski definition) is 4. The predicted molar refractivity (Wildman–Crippen MR) is 74.7 cm³/mol. The van der Waals surface area contributed by atoms with E-state index in [4.69, 9.17) is 9.47 Å². The summed E-state index contributed by atoms with van der Waals surface area (Å²) in [4.78, 5) is 13.9. The van der Waals surface area contributed by atoms with Crippen LogP contribution in [0.4, 0.5) is 10.5 Å². The molecular formula is C13H22N4O3. The number of urea groups is 1. The van der Waals surface area contributed by atoms with Gasteiger partial charge < -0.3 is 19.7 Å². The van der Waals surface area contributed by atoms with Crippen molar-refractivity contribution in [1.29, 1.82) is 0 Å². The molecular weight excluding hydrogens is 260 g/mol. The number of anilines is 1. The summed E-state index contributed by atoms with van der Waals surface area (Å²) in [6, 6.07) is -0.113. The van der Waals surface area contributed by atoms with Gasteiger partial charge in [0.15, 0.2) is 0 Å². The number of hydrogen-bond donors (Lipinski definition) is 1. The maximum atomic E-state index is 12.2. The predicted octanol–water partition coefficient (Wildman–Crippen LogP) is 1.17. The molecule has 2 heterocycles. The average Bonchev–Trinajstić information content (AvgIpc) is 2.82. The zero-order chi connectivity index (χ0) is 14.5. The van der Waals surface area contributed by atoms with Gasteiger partial charge in [-0.25, -0.2) is 4.79 Å². The van der Waals surface area contributed by atoms with Crippen LogP contribution < -0.4 is 5.32 Å². The highest BCUT2D eigenvalue weighted by Crippen LogP contribution is 2.13. The van der Waals surface area contributed by atoms with E-state index in [1.54, 1.807) is 29.1 Å². The highest BCUT2D eigenvalue weighted by Gasteiger charge is 2.25. The van der Waals surface area contributed by atoms with E-state index < -0.39 is 0 Å². The Morgan fingerprint density at radius 2 is 2.20 bits per heavy atom. The Bertz CT molecular complexity index is 439. The van der Waals surface area contributed by atoms with Crippen molar-refractivity contribution in [3.8, 4) is 0 Å². The van der Waals surface area contributed by atoms with Gasteiger partial charge in [0, 0.05) is 26.4 Å². The third-order valence-corrected chi connectivity index (χ3v) is 3.12. The monoisotopic (exact) mass is 282 g/mol. The second-order valence-corrected chi connectivity index (χ2v) is 5.08. The highest BCUT2D eigenvalue weighted by molar-refractivity contribution is 5.89. The molecule has 1 saturated heterocycles. The second kappa shape index (κ2) is 6.71. The summed E-state index contributed by atoms with van der Waals surface area (Å²) in [5.41, 5.74) is 0.693. The number of nitrogens with one attached hydrogen (secondary N) is 1. The lowest BCUT2D eigenvalue weighted by atomic mass is 10.2. The smallest absolute Gasteiger partial charge is 0.322 e. The van der Waals surface area contributed by atoms with E-state index in [1.807, 2.05) is 13.8 Å². The number of methoxy groups -OCH3 is 1. The van der Waals surface area contributed by atoms with Gasteiger partial charge in [-0.1, -0.05) is 0 Å². The topological polar surface area (TPSA) is 68.6 Å². The van der Waals surface area contributed by atoms with Gasteiger partial charge in [-0.05, 0) is 13.8 Å². The minimum Gasteiger partial charge on any atom is -0.383 e. The Hall–Kier alpha value is -1.60. The lowest BCUT2D eigenvalue weighted by Gasteiger charge is -2.35. The fourth-order valence-electron chi connectivity index (χ4n) is 2.28. The van der Waals surface area contributed by atoms with Gasteiger partial charge in [0.05, 0.1) is 37.2 Å². The van der Waals surface area contributed by atoms with Crippen LogP contribution in [0.2, 0.25) is 0 Å². The Morgan fingerprint density at radius 1 is 1.50 bits per heavy atom. The molecule has 112 valence electrons. The summed E-state index contributed by atoms with van der Waals surface area (Å²) in [6.07, 6.45) is 3.56. The molecule has 7 nitrogen and oxygen atoms in total. The molecule has 2 amide bonds. The number of amides is 2. The van der Waals surface area contributed by atoms with Crippen LogP contribution in [-0.4, -0.2) is 59.7 Å². The Balaban J connectivity index is 1.88. The fourth-order valence-corrected chi connectivity index (χ4v) is 2.28. The van der Waals surface area contributed by atoms with Gasteiger partial charge >= 0.3 is 6.03 Å². The molecule has 0 saturated carbocycles. The van der Waals surface area contributed by atoms with Crippen molar-refractivity contribution in [1.82, 2.24) is 14.7 Å². The lowest BCUT2D eigenvalue weighted by Crippen LogP contribution is -2.49. The number of rotatable bonds is 4.